The van der Waals surface area contributed by atoms with E-state index < -0.39 is 5.41 Å². The van der Waals surface area contributed by atoms with E-state index >= 15 is 0 Å². The van der Waals surface area contributed by atoms with Gasteiger partial charge in [-0.3, -0.25) is 13.9 Å². The Bertz CT molecular complexity index is 3130. The second-order valence-electron chi connectivity index (χ2n) is 13.9. The number of furan rings is 1. The number of aromatic nitrogens is 6. The van der Waals surface area contributed by atoms with Crippen molar-refractivity contribution < 1.29 is 9.21 Å². The predicted octanol–water partition coefficient (Wildman–Crippen LogP) is 9.88. The fraction of sp³-hybridized carbons (Fsp3) is 0.0682. The first-order valence-corrected chi connectivity index (χ1v) is 17.3. The molecule has 1 aliphatic rings. The molecule has 0 aliphatic carbocycles. The summed E-state index contributed by atoms with van der Waals surface area (Å²) >= 11 is 0. The summed E-state index contributed by atoms with van der Waals surface area (Å²) < 4.78 is 10.1. The molecule has 246 valence electrons. The highest BCUT2D eigenvalue weighted by atomic mass is 16.3. The molecule has 0 fully saturated rings. The van der Waals surface area contributed by atoms with Crippen LogP contribution in [-0.2, 0) is 5.41 Å². The van der Waals surface area contributed by atoms with E-state index in [-0.39, 0.29) is 5.91 Å². The smallest absolute Gasteiger partial charge is 0.264 e. The highest BCUT2D eigenvalue weighted by molar-refractivity contribution is 6.21. The van der Waals surface area contributed by atoms with E-state index in [0.717, 1.165) is 77.3 Å². The Kier molecular flexibility index (Phi) is 5.72. The number of para-hydroxylation sites is 2. The van der Waals surface area contributed by atoms with Crippen LogP contribution in [0.25, 0.3) is 83.5 Å². The van der Waals surface area contributed by atoms with Crippen molar-refractivity contribution >= 4 is 60.7 Å². The lowest BCUT2D eigenvalue weighted by Gasteiger charge is -2.31. The Hall–Kier alpha value is -6.93. The normalized spacial score (nSPS) is 13.8. The van der Waals surface area contributed by atoms with E-state index in [9.17, 15) is 4.79 Å². The van der Waals surface area contributed by atoms with Crippen molar-refractivity contribution in [2.75, 3.05) is 0 Å². The molecular formula is C44H28N6O2. The molecule has 52 heavy (non-hydrogen) atoms. The number of nitrogens with zero attached hydrogens (tertiary/aromatic N) is 6. The summed E-state index contributed by atoms with van der Waals surface area (Å²) in [7, 11) is 0. The van der Waals surface area contributed by atoms with Gasteiger partial charge in [-0.05, 0) is 61.9 Å². The largest absolute Gasteiger partial charge is 0.456 e. The van der Waals surface area contributed by atoms with Crippen LogP contribution in [0, 0.1) is 0 Å². The van der Waals surface area contributed by atoms with Gasteiger partial charge in [0, 0.05) is 43.7 Å². The van der Waals surface area contributed by atoms with Crippen molar-refractivity contribution in [2.24, 2.45) is 0 Å². The summed E-state index contributed by atoms with van der Waals surface area (Å²) in [5.74, 6) is 2.23. The van der Waals surface area contributed by atoms with E-state index in [1.165, 1.54) is 0 Å². The Morgan fingerprint density at radius 2 is 1.25 bits per heavy atom. The van der Waals surface area contributed by atoms with Crippen molar-refractivity contribution in [3.05, 3.63) is 150 Å². The first kappa shape index (κ1) is 28.9. The van der Waals surface area contributed by atoms with Gasteiger partial charge < -0.3 is 4.42 Å². The van der Waals surface area contributed by atoms with Gasteiger partial charge in [0.1, 0.15) is 17.0 Å². The van der Waals surface area contributed by atoms with Crippen LogP contribution in [0.3, 0.4) is 0 Å². The zero-order valence-corrected chi connectivity index (χ0v) is 28.2. The van der Waals surface area contributed by atoms with E-state index in [2.05, 4.69) is 48.7 Å². The van der Waals surface area contributed by atoms with Crippen LogP contribution in [0.1, 0.15) is 35.6 Å². The van der Waals surface area contributed by atoms with Gasteiger partial charge in [-0.2, -0.15) is 9.97 Å². The molecule has 5 heterocycles. The molecule has 0 amide bonds. The summed E-state index contributed by atoms with van der Waals surface area (Å²) in [5.41, 5.74) is 7.85. The molecule has 8 heteroatoms. The number of fused-ring (bicyclic) bond motifs is 11. The molecule has 11 rings (SSSR count). The van der Waals surface area contributed by atoms with Crippen molar-refractivity contribution in [2.45, 2.75) is 19.3 Å². The lowest BCUT2D eigenvalue weighted by Crippen LogP contribution is -2.35. The number of carbonyl (C=O) groups is 1. The van der Waals surface area contributed by atoms with Crippen LogP contribution >= 0.6 is 0 Å². The van der Waals surface area contributed by atoms with Gasteiger partial charge in [0.25, 0.3) is 5.91 Å². The number of rotatable bonds is 3. The molecule has 1 aliphatic heterocycles. The lowest BCUT2D eigenvalue weighted by atomic mass is 9.78. The minimum atomic E-state index is -0.483. The Morgan fingerprint density at radius 3 is 2.12 bits per heavy atom. The van der Waals surface area contributed by atoms with E-state index in [1.807, 2.05) is 103 Å². The summed E-state index contributed by atoms with van der Waals surface area (Å²) in [6.07, 6.45) is 0. The highest BCUT2D eigenvalue weighted by Gasteiger charge is 2.40. The lowest BCUT2D eigenvalue weighted by molar-refractivity contribution is 0.0948. The third-order valence-electron chi connectivity index (χ3n) is 10.5. The number of hydrogen-bond acceptors (Lipinski definition) is 6. The molecule has 0 N–H and O–H groups in total. The van der Waals surface area contributed by atoms with Crippen LogP contribution in [-0.4, -0.2) is 35.0 Å². The first-order valence-electron chi connectivity index (χ1n) is 17.3. The number of carbonyl (C=O) groups excluding carboxylic acids is 1. The maximum Gasteiger partial charge on any atom is 0.264 e. The molecule has 0 atom stereocenters. The molecule has 6 aromatic carbocycles. The van der Waals surface area contributed by atoms with Gasteiger partial charge in [-0.15, -0.1) is 0 Å². The van der Waals surface area contributed by atoms with Crippen LogP contribution < -0.4 is 0 Å². The van der Waals surface area contributed by atoms with Gasteiger partial charge in [-0.1, -0.05) is 91.0 Å². The second kappa shape index (κ2) is 10.3. The predicted molar refractivity (Wildman–Crippen MR) is 204 cm³/mol. The highest BCUT2D eigenvalue weighted by Crippen LogP contribution is 2.43. The number of benzene rings is 6. The third kappa shape index (κ3) is 3.89. The standard InChI is InChI=1S/C44H28N6O2/c1-44(2)31-17-9-6-15-29(31)41(51)50-34-23-22-33-37(38(34)45-42(44)50)30-16-7-10-18-32(30)49(33)43-47-39(25-12-4-3-5-13-25)46-40(48-43)26-20-21-28-27-14-8-11-19-35(27)52-36(28)24-26/h3-24H,1-2H3. The molecule has 0 spiro atoms. The van der Waals surface area contributed by atoms with Crippen LogP contribution in [0.4, 0.5) is 0 Å². The third-order valence-corrected chi connectivity index (χ3v) is 10.5. The first-order chi connectivity index (χ1) is 25.5. The Labute approximate surface area is 296 Å². The average molecular weight is 673 g/mol. The zero-order valence-electron chi connectivity index (χ0n) is 28.2. The molecule has 0 saturated carbocycles. The molecule has 0 unspecified atom stereocenters. The minimum absolute atomic E-state index is 0.0634. The SMILES string of the molecule is CC1(C)c2ccccc2C(=O)n2c1nc1c3c4ccccc4n(-c4nc(-c5ccccc5)nc(-c5ccc6c(c5)oc5ccccc56)n4)c3ccc12. The van der Waals surface area contributed by atoms with Gasteiger partial charge in [-0.25, -0.2) is 9.97 Å². The summed E-state index contributed by atoms with van der Waals surface area (Å²) in [4.78, 5) is 34.6. The average Bonchev–Trinajstić information content (AvgIpc) is 3.87. The van der Waals surface area contributed by atoms with Gasteiger partial charge >= 0.3 is 0 Å². The van der Waals surface area contributed by atoms with Crippen molar-refractivity contribution in [3.8, 4) is 28.7 Å². The fourth-order valence-electron chi connectivity index (χ4n) is 8.07. The zero-order chi connectivity index (χ0) is 34.7. The maximum absolute atomic E-state index is 14.1. The molecule has 0 saturated heterocycles. The van der Waals surface area contributed by atoms with Crippen LogP contribution in [0.15, 0.2) is 138 Å². The monoisotopic (exact) mass is 672 g/mol. The van der Waals surface area contributed by atoms with Gasteiger partial charge in [0.05, 0.1) is 22.1 Å². The van der Waals surface area contributed by atoms with E-state index in [4.69, 9.17) is 24.4 Å². The second-order valence-corrected chi connectivity index (χ2v) is 13.9. The van der Waals surface area contributed by atoms with Crippen LogP contribution in [0.2, 0.25) is 0 Å². The molecule has 4 aromatic heterocycles. The van der Waals surface area contributed by atoms with E-state index in [0.29, 0.717) is 23.2 Å². The van der Waals surface area contributed by atoms with Crippen LogP contribution in [0.5, 0.6) is 0 Å². The summed E-state index contributed by atoms with van der Waals surface area (Å²) in [5, 5.41) is 4.04. The Morgan fingerprint density at radius 1 is 0.558 bits per heavy atom. The van der Waals surface area contributed by atoms with Gasteiger partial charge in [0.15, 0.2) is 11.6 Å². The molecule has 0 bridgehead atoms. The number of imidazole rings is 1. The summed E-state index contributed by atoms with van der Waals surface area (Å²) in [6.45, 7) is 4.27. The fourth-order valence-corrected chi connectivity index (χ4v) is 8.07. The maximum atomic E-state index is 14.1. The van der Waals surface area contributed by atoms with Crippen molar-refractivity contribution in [1.29, 1.82) is 0 Å². The molecule has 8 nitrogen and oxygen atoms in total. The van der Waals surface area contributed by atoms with E-state index in [1.54, 1.807) is 4.57 Å². The molecule has 0 radical (unpaired) electrons. The topological polar surface area (TPSA) is 91.6 Å². The Balaban J connectivity index is 1.18. The van der Waals surface area contributed by atoms with Gasteiger partial charge in [0.2, 0.25) is 5.95 Å². The molecular weight excluding hydrogens is 645 g/mol. The summed E-state index contributed by atoms with van der Waals surface area (Å²) in [6, 6.07) is 44.3. The quantitative estimate of drug-likeness (QED) is 0.186. The van der Waals surface area contributed by atoms with Crippen molar-refractivity contribution in [3.63, 3.8) is 0 Å². The molecule has 10 aromatic rings. The number of hydrogen-bond donors (Lipinski definition) is 0. The van der Waals surface area contributed by atoms with Crippen molar-refractivity contribution in [1.82, 2.24) is 29.1 Å². The minimum Gasteiger partial charge on any atom is -0.456 e.